The van der Waals surface area contributed by atoms with Crippen molar-refractivity contribution < 1.29 is 33.8 Å². The summed E-state index contributed by atoms with van der Waals surface area (Å²) in [7, 11) is 0. The lowest BCUT2D eigenvalue weighted by Crippen LogP contribution is -2.59. The highest BCUT2D eigenvalue weighted by molar-refractivity contribution is 5.96. The summed E-state index contributed by atoms with van der Waals surface area (Å²) in [5, 5.41) is 28.3. The second-order valence-corrected chi connectivity index (χ2v) is 14.0. The summed E-state index contributed by atoms with van der Waals surface area (Å²) in [5.41, 5.74) is -2.36. The van der Waals surface area contributed by atoms with Gasteiger partial charge in [-0.2, -0.15) is 4.80 Å². The number of rotatable bonds is 11. The fourth-order valence-electron chi connectivity index (χ4n) is 5.45. The number of likely N-dealkylation sites (tertiary alicyclic amines) is 1. The first-order valence-electron chi connectivity index (χ1n) is 15.5. The third kappa shape index (κ3) is 7.65. The van der Waals surface area contributed by atoms with Crippen LogP contribution in [0.1, 0.15) is 73.8 Å². The predicted molar refractivity (Wildman–Crippen MR) is 168 cm³/mol. The molecule has 14 heteroatoms. The maximum atomic E-state index is 14.2. The number of hydrogen-bond donors (Lipinski definition) is 3. The highest BCUT2D eigenvalue weighted by Gasteiger charge is 2.61. The van der Waals surface area contributed by atoms with Gasteiger partial charge in [-0.15, -0.1) is 16.8 Å². The molecule has 4 rings (SSSR count). The maximum absolute atomic E-state index is 14.2. The van der Waals surface area contributed by atoms with Crippen molar-refractivity contribution in [1.29, 1.82) is 0 Å². The largest absolute Gasteiger partial charge is 0.494 e. The van der Waals surface area contributed by atoms with Crippen LogP contribution in [0.2, 0.25) is 0 Å². The van der Waals surface area contributed by atoms with Gasteiger partial charge < -0.3 is 30.1 Å². The van der Waals surface area contributed by atoms with E-state index in [1.54, 1.807) is 41.5 Å². The van der Waals surface area contributed by atoms with E-state index in [0.717, 1.165) is 12.2 Å². The van der Waals surface area contributed by atoms with Crippen molar-refractivity contribution in [3.05, 3.63) is 36.9 Å². The molecule has 1 saturated heterocycles. The summed E-state index contributed by atoms with van der Waals surface area (Å²) in [6, 6.07) is 4.57. The molecular weight excluding hydrogens is 594 g/mol. The molecule has 2 fully saturated rings. The molecule has 46 heavy (non-hydrogen) atoms. The summed E-state index contributed by atoms with van der Waals surface area (Å²) in [6.45, 7) is 16.8. The number of aromatic nitrogens is 4. The molecule has 250 valence electrons. The van der Waals surface area contributed by atoms with Gasteiger partial charge >= 0.3 is 12.1 Å². The highest BCUT2D eigenvalue weighted by Crippen LogP contribution is 2.45. The van der Waals surface area contributed by atoms with Gasteiger partial charge in [0.1, 0.15) is 29.0 Å². The first-order chi connectivity index (χ1) is 21.5. The van der Waals surface area contributed by atoms with Crippen LogP contribution in [0.15, 0.2) is 36.9 Å². The Labute approximate surface area is 268 Å². The van der Waals surface area contributed by atoms with E-state index in [9.17, 15) is 24.3 Å². The number of carbonyl (C=O) groups is 4. The number of tetrazole rings is 1. The van der Waals surface area contributed by atoms with E-state index in [0.29, 0.717) is 18.0 Å². The monoisotopic (exact) mass is 639 g/mol. The number of carboxylic acid groups (broad SMARTS) is 1. The molecular formula is C32H45N7O7. The molecule has 1 saturated carbocycles. The molecule has 2 heterocycles. The number of ether oxygens (including phenoxy) is 2. The number of alkyl carbamates (subject to hydrolysis) is 1. The average molecular weight is 640 g/mol. The van der Waals surface area contributed by atoms with Crippen LogP contribution in [-0.4, -0.2) is 90.5 Å². The van der Waals surface area contributed by atoms with Gasteiger partial charge in [0.05, 0.1) is 12.6 Å². The first kappa shape index (κ1) is 34.4. The normalized spacial score (nSPS) is 23.3. The summed E-state index contributed by atoms with van der Waals surface area (Å²) in [4.78, 5) is 55.7. The minimum atomic E-state index is -1.49. The SMILES string of the molecule is C=CC1CC1(NC(=O)C1CC(n2nnc(-c3ccc(OCCC)cc3)n2)CN1C(=O)C(NC(=O)OC(C)(C)C)C(C)(C)C)C(=O)O. The summed E-state index contributed by atoms with van der Waals surface area (Å²) < 4.78 is 11.1. The molecule has 2 aromatic rings. The van der Waals surface area contributed by atoms with E-state index in [1.807, 2.05) is 31.2 Å². The summed E-state index contributed by atoms with van der Waals surface area (Å²) in [6.07, 6.45) is 1.90. The average Bonchev–Trinajstić information content (AvgIpc) is 3.28. The van der Waals surface area contributed by atoms with Crippen molar-refractivity contribution in [3.8, 4) is 17.1 Å². The lowest BCUT2D eigenvalue weighted by Gasteiger charge is -2.36. The lowest BCUT2D eigenvalue weighted by atomic mass is 9.85. The zero-order valence-electron chi connectivity index (χ0n) is 27.6. The van der Waals surface area contributed by atoms with Gasteiger partial charge in [0.2, 0.25) is 17.6 Å². The number of nitrogens with zero attached hydrogens (tertiary/aromatic N) is 5. The lowest BCUT2D eigenvalue weighted by molar-refractivity contribution is -0.146. The summed E-state index contributed by atoms with van der Waals surface area (Å²) in [5.74, 6) is -1.70. The van der Waals surface area contributed by atoms with Gasteiger partial charge in [-0.1, -0.05) is 33.8 Å². The minimum absolute atomic E-state index is 0.0179. The van der Waals surface area contributed by atoms with E-state index in [2.05, 4.69) is 32.6 Å². The predicted octanol–water partition coefficient (Wildman–Crippen LogP) is 3.36. The molecule has 3 amide bonds. The molecule has 0 radical (unpaired) electrons. The van der Waals surface area contributed by atoms with E-state index >= 15 is 0 Å². The van der Waals surface area contributed by atoms with Crippen molar-refractivity contribution in [3.63, 3.8) is 0 Å². The molecule has 1 aliphatic heterocycles. The zero-order chi connectivity index (χ0) is 34.0. The van der Waals surface area contributed by atoms with E-state index < -0.39 is 64.5 Å². The van der Waals surface area contributed by atoms with Crippen LogP contribution < -0.4 is 15.4 Å². The molecule has 2 aliphatic rings. The van der Waals surface area contributed by atoms with Crippen LogP contribution in [0.5, 0.6) is 5.75 Å². The Bertz CT molecular complexity index is 1460. The van der Waals surface area contributed by atoms with Crippen molar-refractivity contribution in [2.24, 2.45) is 11.3 Å². The van der Waals surface area contributed by atoms with Gasteiger partial charge in [-0.25, -0.2) is 9.59 Å². The molecule has 0 spiro atoms. The fraction of sp³-hybridized carbons (Fsp3) is 0.594. The van der Waals surface area contributed by atoms with Crippen molar-refractivity contribution in [1.82, 2.24) is 35.7 Å². The smallest absolute Gasteiger partial charge is 0.408 e. The van der Waals surface area contributed by atoms with Gasteiger partial charge in [0.15, 0.2) is 0 Å². The van der Waals surface area contributed by atoms with E-state index in [1.165, 1.54) is 15.8 Å². The third-order valence-corrected chi connectivity index (χ3v) is 8.01. The molecule has 5 atom stereocenters. The fourth-order valence-corrected chi connectivity index (χ4v) is 5.45. The number of carboxylic acids is 1. The van der Waals surface area contributed by atoms with Crippen LogP contribution >= 0.6 is 0 Å². The Morgan fingerprint density at radius 3 is 2.37 bits per heavy atom. The molecule has 1 aromatic carbocycles. The van der Waals surface area contributed by atoms with E-state index in [4.69, 9.17) is 9.47 Å². The second-order valence-electron chi connectivity index (χ2n) is 14.0. The number of carbonyl (C=O) groups excluding carboxylic acids is 3. The van der Waals surface area contributed by atoms with Gasteiger partial charge in [-0.3, -0.25) is 9.59 Å². The highest BCUT2D eigenvalue weighted by atomic mass is 16.6. The number of amides is 3. The number of aliphatic carboxylic acids is 1. The first-order valence-corrected chi connectivity index (χ1v) is 15.5. The Morgan fingerprint density at radius 2 is 1.83 bits per heavy atom. The molecule has 1 aliphatic carbocycles. The standard InChI is InChI=1S/C32H45N7O7/c1-9-15-45-22-13-11-19(12-14-22)25-35-37-39(36-25)21-16-23(26(40)34-32(28(42)43)17-20(32)10-2)38(18-21)27(41)24(30(3,4)5)33-29(44)46-31(6,7)8/h10-14,20-21,23-24H,2,9,15-18H2,1,3-8H3,(H,33,44)(H,34,40)(H,42,43). The van der Waals surface area contributed by atoms with Crippen molar-refractivity contribution >= 4 is 23.9 Å². The number of benzene rings is 1. The molecule has 1 aromatic heterocycles. The van der Waals surface area contributed by atoms with E-state index in [-0.39, 0.29) is 19.4 Å². The maximum Gasteiger partial charge on any atom is 0.408 e. The quantitative estimate of drug-likeness (QED) is 0.309. The molecule has 0 bridgehead atoms. The second kappa shape index (κ2) is 13.1. The van der Waals surface area contributed by atoms with Crippen LogP contribution in [0, 0.1) is 11.3 Å². The minimum Gasteiger partial charge on any atom is -0.494 e. The molecule has 14 nitrogen and oxygen atoms in total. The molecule has 3 N–H and O–H groups in total. The topological polar surface area (TPSA) is 178 Å². The van der Waals surface area contributed by atoms with Gasteiger partial charge in [-0.05, 0) is 68.5 Å². The van der Waals surface area contributed by atoms with Crippen LogP contribution in [-0.2, 0) is 19.1 Å². The van der Waals surface area contributed by atoms with Crippen molar-refractivity contribution in [2.45, 2.75) is 97.0 Å². The zero-order valence-corrected chi connectivity index (χ0v) is 27.6. The van der Waals surface area contributed by atoms with Crippen LogP contribution in [0.3, 0.4) is 0 Å². The third-order valence-electron chi connectivity index (χ3n) is 8.01. The van der Waals surface area contributed by atoms with Gasteiger partial charge in [0, 0.05) is 24.4 Å². The number of nitrogens with one attached hydrogen (secondary N) is 2. The van der Waals surface area contributed by atoms with Gasteiger partial charge in [0.25, 0.3) is 0 Å². The Morgan fingerprint density at radius 1 is 1.15 bits per heavy atom. The number of hydrogen-bond acceptors (Lipinski definition) is 9. The Balaban J connectivity index is 1.62. The summed E-state index contributed by atoms with van der Waals surface area (Å²) >= 11 is 0. The Hall–Kier alpha value is -4.49. The Kier molecular flexibility index (Phi) is 9.78. The molecule has 5 unspecified atom stereocenters. The van der Waals surface area contributed by atoms with Crippen molar-refractivity contribution in [2.75, 3.05) is 13.2 Å². The van der Waals surface area contributed by atoms with Crippen LogP contribution in [0.4, 0.5) is 4.79 Å². The van der Waals surface area contributed by atoms with Crippen LogP contribution in [0.25, 0.3) is 11.4 Å².